The molecule has 1 amide bonds. The van der Waals surface area contributed by atoms with Crippen LogP contribution in [-0.4, -0.2) is 101 Å². The third kappa shape index (κ3) is 4.93. The van der Waals surface area contributed by atoms with E-state index in [9.17, 15) is 23.4 Å². The molecule has 3 rings (SSSR count). The number of nitrogens with two attached hydrogens (primary N) is 1. The van der Waals surface area contributed by atoms with Gasteiger partial charge in [0.25, 0.3) is 0 Å². The molecule has 1 aliphatic rings. The highest BCUT2D eigenvalue weighted by Gasteiger charge is 2.46. The fourth-order valence-electron chi connectivity index (χ4n) is 3.40. The van der Waals surface area contributed by atoms with Gasteiger partial charge in [0.1, 0.15) is 28.4 Å². The van der Waals surface area contributed by atoms with Crippen molar-refractivity contribution in [2.24, 2.45) is 5.73 Å². The maximum atomic E-state index is 12.4. The van der Waals surface area contributed by atoms with Crippen LogP contribution in [0, 0.1) is 0 Å². The number of nitrogens with zero attached hydrogens (tertiary/aromatic N) is 5. The zero-order chi connectivity index (χ0) is 22.9. The van der Waals surface area contributed by atoms with Gasteiger partial charge in [-0.1, -0.05) is 0 Å². The number of anilines is 1. The molecule has 3 heterocycles. The van der Waals surface area contributed by atoms with Crippen LogP contribution in [0.25, 0.3) is 11.2 Å². The molecule has 1 fully saturated rings. The summed E-state index contributed by atoms with van der Waals surface area (Å²) in [4.78, 5) is 26.9. The van der Waals surface area contributed by atoms with Crippen molar-refractivity contribution in [1.29, 1.82) is 0 Å². The number of nitrogens with one attached hydrogen (secondary N) is 1. The lowest BCUT2D eigenvalue weighted by Gasteiger charge is -2.22. The maximum Gasteiger partial charge on any atom is 0.237 e. The summed E-state index contributed by atoms with van der Waals surface area (Å²) in [6.07, 6.45) is 0.635. The molecule has 2 aromatic rings. The first-order valence-electron chi connectivity index (χ1n) is 9.56. The monoisotopic (exact) mass is 457 g/mol. The third-order valence-electron chi connectivity index (χ3n) is 5.04. The van der Waals surface area contributed by atoms with Crippen molar-refractivity contribution in [3.8, 4) is 0 Å². The number of imidazole rings is 1. The van der Waals surface area contributed by atoms with Crippen LogP contribution in [0.15, 0.2) is 12.7 Å². The summed E-state index contributed by atoms with van der Waals surface area (Å²) in [5.41, 5.74) is 6.70. The summed E-state index contributed by atoms with van der Waals surface area (Å²) < 4.78 is 29.9. The molecule has 1 saturated heterocycles. The first kappa shape index (κ1) is 23.3. The quantitative estimate of drug-likeness (QED) is 0.325. The summed E-state index contributed by atoms with van der Waals surface area (Å²) in [6.45, 7) is -0.471. The Balaban J connectivity index is 1.80. The highest BCUT2D eigenvalue weighted by atomic mass is 32.2. The van der Waals surface area contributed by atoms with Crippen LogP contribution >= 0.6 is 0 Å². The fraction of sp³-hybridized carbons (Fsp3) is 0.647. The summed E-state index contributed by atoms with van der Waals surface area (Å²) in [5.74, 6) is -0.313. The number of amides is 1. The van der Waals surface area contributed by atoms with Crippen LogP contribution in [0.4, 0.5) is 5.82 Å². The van der Waals surface area contributed by atoms with E-state index in [0.29, 0.717) is 17.0 Å². The molecule has 31 heavy (non-hydrogen) atoms. The van der Waals surface area contributed by atoms with E-state index < -0.39 is 52.9 Å². The second kappa shape index (κ2) is 9.00. The van der Waals surface area contributed by atoms with Crippen LogP contribution in [0.3, 0.4) is 0 Å². The van der Waals surface area contributed by atoms with Gasteiger partial charge in [0.15, 0.2) is 23.2 Å². The van der Waals surface area contributed by atoms with Crippen molar-refractivity contribution in [3.05, 3.63) is 12.7 Å². The Hall–Kier alpha value is -2.39. The lowest BCUT2D eigenvalue weighted by Crippen LogP contribution is -2.53. The second-order valence-electron chi connectivity index (χ2n) is 7.71. The Morgan fingerprint density at radius 1 is 1.39 bits per heavy atom. The van der Waals surface area contributed by atoms with Gasteiger partial charge in [-0.2, -0.15) is 0 Å². The van der Waals surface area contributed by atoms with Gasteiger partial charge >= 0.3 is 0 Å². The van der Waals surface area contributed by atoms with Gasteiger partial charge in [-0.05, 0) is 6.42 Å². The molecule has 1 aliphatic heterocycles. The van der Waals surface area contributed by atoms with E-state index in [-0.39, 0.29) is 12.2 Å². The number of hydrogen-bond donors (Lipinski definition) is 4. The number of aliphatic hydroxyl groups is 2. The Morgan fingerprint density at radius 2 is 2.10 bits per heavy atom. The minimum absolute atomic E-state index is 0.0715. The number of aromatic nitrogens is 4. The standard InChI is InChI=1S/C17H27N7O6S/c1-23(2)14-12-15(20-7-19-14)24(8-21-12)17-13(26)11(10(6-25)30-17)22-16(27)9(18)4-5-31(3,28)29/h7-11,13,17,25-26H,4-6,18H2,1-3H3,(H,22,27)/t9-,10+,11+,13+,17+/m0/s1. The van der Waals surface area contributed by atoms with E-state index in [0.717, 1.165) is 6.26 Å². The Kier molecular flexibility index (Phi) is 6.76. The van der Waals surface area contributed by atoms with Gasteiger partial charge in [-0.3, -0.25) is 9.36 Å². The minimum Gasteiger partial charge on any atom is -0.394 e. The zero-order valence-electron chi connectivity index (χ0n) is 17.4. The molecular formula is C17H27N7O6S. The van der Waals surface area contributed by atoms with Crippen LogP contribution < -0.4 is 16.0 Å². The molecule has 0 aromatic carbocycles. The molecule has 14 heteroatoms. The van der Waals surface area contributed by atoms with E-state index in [2.05, 4.69) is 20.3 Å². The van der Waals surface area contributed by atoms with Crippen LogP contribution in [0.2, 0.25) is 0 Å². The Bertz CT molecular complexity index is 1040. The Labute approximate surface area is 179 Å². The number of fused-ring (bicyclic) bond motifs is 1. The minimum atomic E-state index is -3.27. The van der Waals surface area contributed by atoms with Crippen LogP contribution in [0.1, 0.15) is 12.6 Å². The molecule has 5 N–H and O–H groups in total. The summed E-state index contributed by atoms with van der Waals surface area (Å²) in [5, 5.41) is 23.1. The van der Waals surface area contributed by atoms with E-state index in [1.165, 1.54) is 17.2 Å². The summed E-state index contributed by atoms with van der Waals surface area (Å²) >= 11 is 0. The van der Waals surface area contributed by atoms with Gasteiger partial charge in [-0.15, -0.1) is 0 Å². The average Bonchev–Trinajstić information content (AvgIpc) is 3.26. The largest absolute Gasteiger partial charge is 0.394 e. The summed E-state index contributed by atoms with van der Waals surface area (Å²) in [7, 11) is 0.340. The fourth-order valence-corrected chi connectivity index (χ4v) is 4.09. The van der Waals surface area contributed by atoms with Gasteiger partial charge in [0, 0.05) is 20.4 Å². The molecule has 13 nitrogen and oxygen atoms in total. The molecule has 5 atom stereocenters. The van der Waals surface area contributed by atoms with E-state index in [1.807, 2.05) is 14.1 Å². The molecule has 2 aromatic heterocycles. The molecule has 0 unspecified atom stereocenters. The SMILES string of the molecule is CN(C)c1ncnc2c1ncn2[C@@H]1O[C@H](CO)[C@@H](NC(=O)[C@@H](N)CCS(C)(=O)=O)[C@H]1O. The van der Waals surface area contributed by atoms with Gasteiger partial charge in [0.05, 0.1) is 30.8 Å². The number of rotatable bonds is 8. The van der Waals surface area contributed by atoms with Crippen LogP contribution in [0.5, 0.6) is 0 Å². The van der Waals surface area contributed by atoms with Crippen molar-refractivity contribution in [2.45, 2.75) is 36.9 Å². The molecule has 0 bridgehead atoms. The number of carbonyl (C=O) groups excluding carboxylic acids is 1. The van der Waals surface area contributed by atoms with Crippen molar-refractivity contribution in [2.75, 3.05) is 37.6 Å². The van der Waals surface area contributed by atoms with Crippen molar-refractivity contribution >= 4 is 32.7 Å². The number of sulfone groups is 1. The number of hydrogen-bond acceptors (Lipinski definition) is 11. The number of aliphatic hydroxyl groups excluding tert-OH is 2. The lowest BCUT2D eigenvalue weighted by molar-refractivity contribution is -0.124. The molecule has 0 radical (unpaired) electrons. The maximum absolute atomic E-state index is 12.4. The highest BCUT2D eigenvalue weighted by Crippen LogP contribution is 2.32. The van der Waals surface area contributed by atoms with Crippen LogP contribution in [-0.2, 0) is 19.4 Å². The topological polar surface area (TPSA) is 186 Å². The molecule has 172 valence electrons. The predicted octanol–water partition coefficient (Wildman–Crippen LogP) is -2.61. The molecule has 0 saturated carbocycles. The predicted molar refractivity (Wildman–Crippen MR) is 111 cm³/mol. The van der Waals surface area contributed by atoms with Gasteiger partial charge in [0.2, 0.25) is 5.91 Å². The van der Waals surface area contributed by atoms with Gasteiger partial charge < -0.3 is 30.9 Å². The second-order valence-corrected chi connectivity index (χ2v) is 9.97. The number of carbonyl (C=O) groups is 1. The first-order valence-corrected chi connectivity index (χ1v) is 11.6. The zero-order valence-corrected chi connectivity index (χ0v) is 18.2. The van der Waals surface area contributed by atoms with E-state index in [1.54, 1.807) is 4.90 Å². The van der Waals surface area contributed by atoms with Gasteiger partial charge in [-0.25, -0.2) is 23.4 Å². The molecule has 0 aliphatic carbocycles. The normalized spacial score (nSPS) is 25.0. The summed E-state index contributed by atoms with van der Waals surface area (Å²) in [6, 6.07) is -2.07. The van der Waals surface area contributed by atoms with Crippen molar-refractivity contribution in [1.82, 2.24) is 24.8 Å². The average molecular weight is 458 g/mol. The number of ether oxygens (including phenoxy) is 1. The van der Waals surface area contributed by atoms with Crippen molar-refractivity contribution < 1.29 is 28.2 Å². The smallest absolute Gasteiger partial charge is 0.237 e. The van der Waals surface area contributed by atoms with E-state index >= 15 is 0 Å². The van der Waals surface area contributed by atoms with Crippen molar-refractivity contribution in [3.63, 3.8) is 0 Å². The molecular weight excluding hydrogens is 430 g/mol. The first-order chi connectivity index (χ1) is 14.5. The Morgan fingerprint density at radius 3 is 2.71 bits per heavy atom. The van der Waals surface area contributed by atoms with E-state index in [4.69, 9.17) is 10.5 Å². The lowest BCUT2D eigenvalue weighted by atomic mass is 10.1. The highest BCUT2D eigenvalue weighted by molar-refractivity contribution is 7.90. The molecule has 0 spiro atoms. The third-order valence-corrected chi connectivity index (χ3v) is 6.01.